The van der Waals surface area contributed by atoms with E-state index in [9.17, 15) is 9.59 Å². The van der Waals surface area contributed by atoms with Gasteiger partial charge in [0.1, 0.15) is 18.6 Å². The van der Waals surface area contributed by atoms with E-state index in [-0.39, 0.29) is 5.97 Å². The molecule has 3 atom stereocenters. The van der Waals surface area contributed by atoms with Gasteiger partial charge in [-0.3, -0.25) is 0 Å². The highest BCUT2D eigenvalue weighted by molar-refractivity contribution is 5.89. The predicted octanol–water partition coefficient (Wildman–Crippen LogP) is 0.564. The van der Waals surface area contributed by atoms with Crippen molar-refractivity contribution in [2.24, 2.45) is 5.73 Å². The normalized spacial score (nSPS) is 20.7. The van der Waals surface area contributed by atoms with Crippen LogP contribution in [0.1, 0.15) is 23.2 Å². The lowest BCUT2D eigenvalue weighted by Gasteiger charge is -2.27. The summed E-state index contributed by atoms with van der Waals surface area (Å²) < 4.78 is 9.45. The second-order valence-corrected chi connectivity index (χ2v) is 4.59. The molecule has 136 valence electrons. The van der Waals surface area contributed by atoms with Gasteiger partial charge in [-0.15, -0.1) is 25.7 Å². The highest BCUT2D eigenvalue weighted by Crippen LogP contribution is 2.14. The van der Waals surface area contributed by atoms with Crippen molar-refractivity contribution in [2.45, 2.75) is 31.3 Å². The largest absolute Gasteiger partial charge is 0.465 e. The van der Waals surface area contributed by atoms with Crippen LogP contribution in [0.2, 0.25) is 0 Å². The van der Waals surface area contributed by atoms with Crippen LogP contribution in [0.4, 0.5) is 5.69 Å². The molecule has 1 saturated heterocycles. The maximum Gasteiger partial charge on any atom is 0.337 e. The minimum atomic E-state index is -0.515. The number of nitrogens with two attached hydrogens (primary N) is 2. The van der Waals surface area contributed by atoms with Gasteiger partial charge in [0, 0.05) is 18.5 Å². The summed E-state index contributed by atoms with van der Waals surface area (Å²) in [5.74, 6) is -0.343. The molecule has 1 fully saturated rings. The van der Waals surface area contributed by atoms with Crippen molar-refractivity contribution < 1.29 is 24.2 Å². The number of aldehydes is 1. The smallest absolute Gasteiger partial charge is 0.337 e. The molecule has 0 radical (unpaired) electrons. The molecule has 1 aromatic carbocycles. The third-order valence-corrected chi connectivity index (χ3v) is 2.84. The Morgan fingerprint density at radius 2 is 1.76 bits per heavy atom. The number of benzene rings is 1. The molecule has 0 bridgehead atoms. The van der Waals surface area contributed by atoms with Crippen molar-refractivity contribution in [2.75, 3.05) is 12.8 Å². The van der Waals surface area contributed by atoms with E-state index < -0.39 is 18.4 Å². The molecular formula is C18H24N2O5. The number of rotatable bonds is 2. The van der Waals surface area contributed by atoms with Crippen LogP contribution >= 0.6 is 0 Å². The van der Waals surface area contributed by atoms with Crippen LogP contribution in [0, 0.1) is 25.7 Å². The van der Waals surface area contributed by atoms with E-state index in [1.165, 1.54) is 7.11 Å². The van der Waals surface area contributed by atoms with E-state index >= 15 is 0 Å². The molecule has 1 unspecified atom stereocenters. The van der Waals surface area contributed by atoms with Gasteiger partial charge in [0.2, 0.25) is 0 Å². The van der Waals surface area contributed by atoms with Gasteiger partial charge in [-0.1, -0.05) is 0 Å². The first-order valence-electron chi connectivity index (χ1n) is 7.11. The van der Waals surface area contributed by atoms with Gasteiger partial charge in [0.15, 0.2) is 0 Å². The Morgan fingerprint density at radius 1 is 1.24 bits per heavy atom. The topological polar surface area (TPSA) is 125 Å². The van der Waals surface area contributed by atoms with E-state index in [1.54, 1.807) is 24.3 Å². The van der Waals surface area contributed by atoms with Crippen LogP contribution in [0.5, 0.6) is 0 Å². The minimum absolute atomic E-state index is 0.343. The second-order valence-electron chi connectivity index (χ2n) is 4.59. The molecule has 0 saturated carbocycles. The number of ether oxygens (including phenoxy) is 2. The van der Waals surface area contributed by atoms with Gasteiger partial charge in [-0.25, -0.2) is 4.79 Å². The summed E-state index contributed by atoms with van der Waals surface area (Å²) in [6, 6.07) is 6.57. The number of hydrogen-bond acceptors (Lipinski definition) is 7. The standard InChI is InChI=1S/C8H9NO2.C6H11NO3.2C2H2/c1-11-8(10)6-2-4-7(9)5-3-6;7-6-2-4(9)1-5(3-8)10-6;2*1-2/h2-5H,9H2,1H3;3-6,9H,1-2,7H2;2*1-2H/t;4-,5?,6+;;/m.0../s1. The Morgan fingerprint density at radius 3 is 2.16 bits per heavy atom. The third-order valence-electron chi connectivity index (χ3n) is 2.84. The Balaban J connectivity index is 0. The fourth-order valence-electron chi connectivity index (χ4n) is 1.79. The number of methoxy groups -OCH3 is 1. The lowest BCUT2D eigenvalue weighted by Crippen LogP contribution is -2.41. The number of carbonyl (C=O) groups excluding carboxylic acids is 2. The summed E-state index contributed by atoms with van der Waals surface area (Å²) in [7, 11) is 1.35. The van der Waals surface area contributed by atoms with E-state index in [0.717, 1.165) is 0 Å². The van der Waals surface area contributed by atoms with Crippen molar-refractivity contribution in [3.8, 4) is 25.7 Å². The van der Waals surface area contributed by atoms with Gasteiger partial charge in [-0.2, -0.15) is 0 Å². The first-order chi connectivity index (χ1) is 12.0. The predicted molar refractivity (Wildman–Crippen MR) is 96.1 cm³/mol. The summed E-state index contributed by atoms with van der Waals surface area (Å²) in [5, 5.41) is 9.06. The maximum atomic E-state index is 10.9. The Kier molecular flexibility index (Phi) is 14.4. The van der Waals surface area contributed by atoms with Crippen molar-refractivity contribution >= 4 is 17.9 Å². The Hall–Kier alpha value is -2.84. The van der Waals surface area contributed by atoms with Crippen molar-refractivity contribution in [3.63, 3.8) is 0 Å². The summed E-state index contributed by atoms with van der Waals surface area (Å²) in [6.07, 6.45) is 16.0. The fourth-order valence-corrected chi connectivity index (χ4v) is 1.79. The van der Waals surface area contributed by atoms with Crippen molar-refractivity contribution in [3.05, 3.63) is 29.8 Å². The quantitative estimate of drug-likeness (QED) is 0.309. The highest BCUT2D eigenvalue weighted by Gasteiger charge is 2.25. The summed E-state index contributed by atoms with van der Waals surface area (Å²) >= 11 is 0. The summed E-state index contributed by atoms with van der Waals surface area (Å²) in [5.41, 5.74) is 11.9. The minimum Gasteiger partial charge on any atom is -0.465 e. The molecule has 1 aliphatic rings. The molecule has 0 aliphatic carbocycles. The number of esters is 1. The first kappa shape index (κ1) is 24.4. The van der Waals surface area contributed by atoms with Crippen LogP contribution in [0.3, 0.4) is 0 Å². The highest BCUT2D eigenvalue weighted by atomic mass is 16.5. The zero-order chi connectivity index (χ0) is 19.8. The molecule has 0 spiro atoms. The Bertz CT molecular complexity index is 523. The number of aliphatic hydroxyl groups is 1. The van der Waals surface area contributed by atoms with Crippen LogP contribution < -0.4 is 11.5 Å². The van der Waals surface area contributed by atoms with Crippen LogP contribution in [-0.4, -0.2) is 42.9 Å². The molecular weight excluding hydrogens is 324 g/mol. The number of carbonyl (C=O) groups is 2. The molecule has 7 heteroatoms. The van der Waals surface area contributed by atoms with Gasteiger partial charge < -0.3 is 30.8 Å². The molecule has 1 heterocycles. The van der Waals surface area contributed by atoms with E-state index in [0.29, 0.717) is 30.4 Å². The average molecular weight is 348 g/mol. The molecule has 1 aliphatic heterocycles. The SMILES string of the molecule is C#C.C#C.COC(=O)c1ccc(N)cc1.N[C@H]1C[C@@H](O)CC(C=O)O1. The van der Waals surface area contributed by atoms with Gasteiger partial charge in [-0.05, 0) is 24.3 Å². The fraction of sp³-hybridized carbons (Fsp3) is 0.333. The lowest BCUT2D eigenvalue weighted by molar-refractivity contribution is -0.134. The van der Waals surface area contributed by atoms with Crippen LogP contribution in [0.15, 0.2) is 24.3 Å². The number of terminal acetylenes is 2. The zero-order valence-corrected chi connectivity index (χ0v) is 14.1. The first-order valence-corrected chi connectivity index (χ1v) is 7.11. The summed E-state index contributed by atoms with van der Waals surface area (Å²) in [4.78, 5) is 21.0. The average Bonchev–Trinajstić information content (AvgIpc) is 2.64. The van der Waals surface area contributed by atoms with Crippen LogP contribution in [-0.2, 0) is 14.3 Å². The third kappa shape index (κ3) is 10.5. The van der Waals surface area contributed by atoms with Crippen molar-refractivity contribution in [1.29, 1.82) is 0 Å². The van der Waals surface area contributed by atoms with Gasteiger partial charge in [0.05, 0.1) is 18.8 Å². The molecule has 0 aromatic heterocycles. The van der Waals surface area contributed by atoms with Gasteiger partial charge >= 0.3 is 5.97 Å². The van der Waals surface area contributed by atoms with E-state index in [1.807, 2.05) is 0 Å². The number of aliphatic hydroxyl groups excluding tert-OH is 1. The zero-order valence-electron chi connectivity index (χ0n) is 14.1. The second kappa shape index (κ2) is 14.7. The van der Waals surface area contributed by atoms with Crippen LogP contribution in [0.25, 0.3) is 0 Å². The molecule has 0 amide bonds. The number of hydrogen-bond donors (Lipinski definition) is 3. The molecule has 25 heavy (non-hydrogen) atoms. The summed E-state index contributed by atoms with van der Waals surface area (Å²) in [6.45, 7) is 0. The maximum absolute atomic E-state index is 10.9. The van der Waals surface area contributed by atoms with Crippen molar-refractivity contribution in [1.82, 2.24) is 0 Å². The van der Waals surface area contributed by atoms with E-state index in [2.05, 4.69) is 30.4 Å². The van der Waals surface area contributed by atoms with E-state index in [4.69, 9.17) is 21.3 Å². The molecule has 1 aromatic rings. The molecule has 5 N–H and O–H groups in total. The monoisotopic (exact) mass is 348 g/mol. The lowest BCUT2D eigenvalue weighted by atomic mass is 10.1. The number of nitrogen functional groups attached to an aromatic ring is 1. The molecule has 2 rings (SSSR count). The Labute approximate surface area is 148 Å². The van der Waals surface area contributed by atoms with Gasteiger partial charge in [0.25, 0.3) is 0 Å². The number of anilines is 1. The molecule has 7 nitrogen and oxygen atoms in total.